The van der Waals surface area contributed by atoms with Crippen LogP contribution in [0.4, 0.5) is 5.69 Å². The maximum absolute atomic E-state index is 9.88. The van der Waals surface area contributed by atoms with Gasteiger partial charge in [0, 0.05) is 12.3 Å². The minimum absolute atomic E-state index is 0.372. The molecule has 0 radical (unpaired) electrons. The van der Waals surface area contributed by atoms with E-state index in [0.717, 1.165) is 24.5 Å². The van der Waals surface area contributed by atoms with Crippen molar-refractivity contribution < 1.29 is 9.84 Å². The molecular formula is C14H21NO2. The topological polar surface area (TPSA) is 55.5 Å². The molecule has 94 valence electrons. The molecular weight excluding hydrogens is 214 g/mol. The Morgan fingerprint density at radius 2 is 2.00 bits per heavy atom. The molecule has 0 heterocycles. The summed E-state index contributed by atoms with van der Waals surface area (Å²) in [5.41, 5.74) is 7.17. The lowest BCUT2D eigenvalue weighted by atomic mass is 9.83. The van der Waals surface area contributed by atoms with Gasteiger partial charge in [0.1, 0.15) is 6.10 Å². The quantitative estimate of drug-likeness (QED) is 0.588. The van der Waals surface area contributed by atoms with Gasteiger partial charge in [-0.1, -0.05) is 31.4 Å². The van der Waals surface area contributed by atoms with Gasteiger partial charge in [-0.05, 0) is 30.0 Å². The molecule has 1 fully saturated rings. The Kier molecular flexibility index (Phi) is 4.40. The van der Waals surface area contributed by atoms with E-state index in [4.69, 9.17) is 10.5 Å². The first-order chi connectivity index (χ1) is 8.25. The minimum Gasteiger partial charge on any atom is -0.399 e. The first kappa shape index (κ1) is 12.4. The minimum atomic E-state index is -0.544. The van der Waals surface area contributed by atoms with Gasteiger partial charge in [-0.3, -0.25) is 0 Å². The maximum atomic E-state index is 9.88. The van der Waals surface area contributed by atoms with Crippen LogP contribution in [0.5, 0.6) is 0 Å². The number of hydrogen-bond acceptors (Lipinski definition) is 3. The number of rotatable bonds is 6. The molecule has 0 aliphatic heterocycles. The largest absolute Gasteiger partial charge is 0.399 e. The molecule has 1 atom stereocenters. The molecule has 0 aromatic heterocycles. The first-order valence-electron chi connectivity index (χ1n) is 6.37. The Morgan fingerprint density at radius 3 is 2.59 bits per heavy atom. The van der Waals surface area contributed by atoms with E-state index in [9.17, 15) is 5.11 Å². The monoisotopic (exact) mass is 235 g/mol. The van der Waals surface area contributed by atoms with Crippen LogP contribution < -0.4 is 5.73 Å². The molecule has 3 nitrogen and oxygen atoms in total. The molecule has 17 heavy (non-hydrogen) atoms. The second kappa shape index (κ2) is 6.03. The van der Waals surface area contributed by atoms with Crippen molar-refractivity contribution in [3.8, 4) is 0 Å². The lowest BCUT2D eigenvalue weighted by Gasteiger charge is -2.25. The molecule has 0 amide bonds. The van der Waals surface area contributed by atoms with Crippen molar-refractivity contribution in [1.82, 2.24) is 0 Å². The number of aliphatic hydroxyl groups excluding tert-OH is 1. The van der Waals surface area contributed by atoms with E-state index in [-0.39, 0.29) is 0 Å². The van der Waals surface area contributed by atoms with Crippen molar-refractivity contribution in [2.45, 2.75) is 31.8 Å². The summed E-state index contributed by atoms with van der Waals surface area (Å²) in [5, 5.41) is 9.88. The van der Waals surface area contributed by atoms with Gasteiger partial charge in [-0.25, -0.2) is 0 Å². The number of ether oxygens (including phenoxy) is 1. The van der Waals surface area contributed by atoms with Gasteiger partial charge >= 0.3 is 0 Å². The summed E-state index contributed by atoms with van der Waals surface area (Å²) < 4.78 is 5.51. The zero-order chi connectivity index (χ0) is 12.1. The van der Waals surface area contributed by atoms with Crippen molar-refractivity contribution in [2.24, 2.45) is 5.92 Å². The van der Waals surface area contributed by atoms with Gasteiger partial charge in [0.15, 0.2) is 0 Å². The first-order valence-corrected chi connectivity index (χ1v) is 6.37. The average molecular weight is 235 g/mol. The van der Waals surface area contributed by atoms with Crippen LogP contribution in [-0.4, -0.2) is 18.3 Å². The van der Waals surface area contributed by atoms with E-state index in [1.807, 2.05) is 12.1 Å². The van der Waals surface area contributed by atoms with Crippen LogP contribution in [0.3, 0.4) is 0 Å². The summed E-state index contributed by atoms with van der Waals surface area (Å²) >= 11 is 0. The highest BCUT2D eigenvalue weighted by molar-refractivity contribution is 5.39. The molecule has 1 unspecified atom stereocenters. The van der Waals surface area contributed by atoms with Crippen LogP contribution in [0.1, 0.15) is 37.4 Å². The van der Waals surface area contributed by atoms with Crippen LogP contribution in [-0.2, 0) is 4.74 Å². The van der Waals surface area contributed by atoms with Gasteiger partial charge in [0.2, 0.25) is 0 Å². The third-order valence-corrected chi connectivity index (χ3v) is 3.49. The smallest absolute Gasteiger partial charge is 0.102 e. The van der Waals surface area contributed by atoms with E-state index in [0.29, 0.717) is 12.3 Å². The van der Waals surface area contributed by atoms with Crippen LogP contribution in [0.25, 0.3) is 0 Å². The highest BCUT2D eigenvalue weighted by atomic mass is 16.5. The van der Waals surface area contributed by atoms with Crippen molar-refractivity contribution >= 4 is 5.69 Å². The summed E-state index contributed by atoms with van der Waals surface area (Å²) in [7, 11) is 0. The number of anilines is 1. The van der Waals surface area contributed by atoms with Gasteiger partial charge in [0.05, 0.1) is 6.61 Å². The lowest BCUT2D eigenvalue weighted by molar-refractivity contribution is 0.0266. The van der Waals surface area contributed by atoms with Crippen LogP contribution in [0.15, 0.2) is 24.3 Å². The third kappa shape index (κ3) is 3.72. The number of benzene rings is 1. The molecule has 1 aliphatic carbocycles. The second-order valence-electron chi connectivity index (χ2n) is 4.84. The SMILES string of the molecule is Nc1ccc(C(O)COCCC2CCC2)cc1. The van der Waals surface area contributed by atoms with E-state index < -0.39 is 6.10 Å². The fraction of sp³-hybridized carbons (Fsp3) is 0.571. The van der Waals surface area contributed by atoms with Gasteiger partial charge < -0.3 is 15.6 Å². The predicted molar refractivity (Wildman–Crippen MR) is 68.6 cm³/mol. The molecule has 1 aromatic rings. The molecule has 0 saturated heterocycles. The Bertz CT molecular complexity index is 333. The summed E-state index contributed by atoms with van der Waals surface area (Å²) in [6, 6.07) is 7.28. The maximum Gasteiger partial charge on any atom is 0.102 e. The number of nitrogens with two attached hydrogens (primary N) is 1. The number of hydrogen-bond donors (Lipinski definition) is 2. The Labute approximate surface area is 103 Å². The highest BCUT2D eigenvalue weighted by Gasteiger charge is 2.16. The number of nitrogen functional groups attached to an aromatic ring is 1. The zero-order valence-electron chi connectivity index (χ0n) is 10.1. The average Bonchev–Trinajstić information content (AvgIpc) is 2.27. The fourth-order valence-corrected chi connectivity index (χ4v) is 2.04. The summed E-state index contributed by atoms with van der Waals surface area (Å²) in [6.45, 7) is 1.13. The van der Waals surface area contributed by atoms with Gasteiger partial charge in [0.25, 0.3) is 0 Å². The van der Waals surface area contributed by atoms with Crippen molar-refractivity contribution in [3.63, 3.8) is 0 Å². The molecule has 2 rings (SSSR count). The van der Waals surface area contributed by atoms with Crippen LogP contribution in [0.2, 0.25) is 0 Å². The highest BCUT2D eigenvalue weighted by Crippen LogP contribution is 2.29. The fourth-order valence-electron chi connectivity index (χ4n) is 2.04. The second-order valence-corrected chi connectivity index (χ2v) is 4.84. The molecule has 0 bridgehead atoms. The Balaban J connectivity index is 1.65. The van der Waals surface area contributed by atoms with Crippen LogP contribution >= 0.6 is 0 Å². The van der Waals surface area contributed by atoms with E-state index in [1.165, 1.54) is 19.3 Å². The molecule has 1 aliphatic rings. The van der Waals surface area contributed by atoms with Gasteiger partial charge in [-0.2, -0.15) is 0 Å². The van der Waals surface area contributed by atoms with Crippen molar-refractivity contribution in [2.75, 3.05) is 18.9 Å². The van der Waals surface area contributed by atoms with E-state index in [2.05, 4.69) is 0 Å². The van der Waals surface area contributed by atoms with E-state index >= 15 is 0 Å². The van der Waals surface area contributed by atoms with Gasteiger partial charge in [-0.15, -0.1) is 0 Å². The lowest BCUT2D eigenvalue weighted by Crippen LogP contribution is -2.15. The van der Waals surface area contributed by atoms with Crippen molar-refractivity contribution in [1.29, 1.82) is 0 Å². The zero-order valence-corrected chi connectivity index (χ0v) is 10.1. The predicted octanol–water partition coefficient (Wildman–Crippen LogP) is 2.51. The normalized spacial score (nSPS) is 17.7. The molecule has 0 spiro atoms. The Morgan fingerprint density at radius 1 is 1.29 bits per heavy atom. The summed E-state index contributed by atoms with van der Waals surface area (Å²) in [6.07, 6.45) is 4.66. The third-order valence-electron chi connectivity index (χ3n) is 3.49. The molecule has 1 saturated carbocycles. The summed E-state index contributed by atoms with van der Waals surface area (Å²) in [5.74, 6) is 0.865. The Hall–Kier alpha value is -1.06. The van der Waals surface area contributed by atoms with E-state index in [1.54, 1.807) is 12.1 Å². The van der Waals surface area contributed by atoms with Crippen molar-refractivity contribution in [3.05, 3.63) is 29.8 Å². The van der Waals surface area contributed by atoms with Crippen LogP contribution in [0, 0.1) is 5.92 Å². The molecule has 3 heteroatoms. The number of aliphatic hydroxyl groups is 1. The standard InChI is InChI=1S/C14H21NO2/c15-13-6-4-12(5-7-13)14(16)10-17-9-8-11-2-1-3-11/h4-7,11,14,16H,1-3,8-10,15H2. The molecule has 3 N–H and O–H groups in total. The summed E-state index contributed by atoms with van der Waals surface area (Å²) in [4.78, 5) is 0. The molecule has 1 aromatic carbocycles.